The quantitative estimate of drug-likeness (QED) is 0.869. The van der Waals surface area contributed by atoms with Crippen LogP contribution in [0.25, 0.3) is 0 Å². The van der Waals surface area contributed by atoms with Crippen molar-refractivity contribution in [2.75, 3.05) is 5.32 Å². The molecule has 0 bridgehead atoms. The summed E-state index contributed by atoms with van der Waals surface area (Å²) >= 11 is 0. The van der Waals surface area contributed by atoms with Crippen molar-refractivity contribution in [3.05, 3.63) is 54.1 Å². The topological polar surface area (TPSA) is 37.8 Å². The first-order chi connectivity index (χ1) is 8.42. The predicted molar refractivity (Wildman–Crippen MR) is 67.8 cm³/mol. The lowest BCUT2D eigenvalue weighted by Gasteiger charge is -2.06. The largest absolute Gasteiger partial charge is 0.378 e. The van der Waals surface area contributed by atoms with Crippen molar-refractivity contribution in [1.29, 1.82) is 0 Å². The third-order valence-electron chi connectivity index (χ3n) is 3.09. The summed E-state index contributed by atoms with van der Waals surface area (Å²) in [6.07, 6.45) is 7.82. The second kappa shape index (κ2) is 4.53. The summed E-state index contributed by atoms with van der Waals surface area (Å²) in [6, 6.07) is 8.89. The molecule has 1 N–H and O–H groups in total. The molecular weight excluding hydrogens is 210 g/mol. The van der Waals surface area contributed by atoms with Gasteiger partial charge in [0.1, 0.15) is 6.33 Å². The maximum atomic E-state index is 3.97. The zero-order valence-electron chi connectivity index (χ0n) is 9.63. The maximum Gasteiger partial charge on any atom is 0.115 e. The molecule has 86 valence electrons. The molecule has 3 nitrogen and oxygen atoms in total. The van der Waals surface area contributed by atoms with E-state index >= 15 is 0 Å². The first kappa shape index (κ1) is 10.3. The standard InChI is InChI=1S/C14H15N3/c1-3-12(13-5-6-13)4-2-11(1)7-17-14-8-15-10-16-9-14/h1-4,8-10,13,17H,5-7H2. The zero-order chi connectivity index (χ0) is 11.5. The fourth-order valence-corrected chi connectivity index (χ4v) is 1.92. The fourth-order valence-electron chi connectivity index (χ4n) is 1.92. The van der Waals surface area contributed by atoms with Gasteiger partial charge in [0.2, 0.25) is 0 Å². The number of hydrogen-bond donors (Lipinski definition) is 1. The summed E-state index contributed by atoms with van der Waals surface area (Å²) in [5.41, 5.74) is 3.73. The van der Waals surface area contributed by atoms with Gasteiger partial charge in [0.25, 0.3) is 0 Å². The van der Waals surface area contributed by atoms with Crippen LogP contribution >= 0.6 is 0 Å². The fraction of sp³-hybridized carbons (Fsp3) is 0.286. The van der Waals surface area contributed by atoms with E-state index in [9.17, 15) is 0 Å². The number of rotatable bonds is 4. The molecule has 1 aliphatic carbocycles. The Morgan fingerprint density at radius 3 is 2.41 bits per heavy atom. The molecule has 3 rings (SSSR count). The smallest absolute Gasteiger partial charge is 0.115 e. The molecule has 0 spiro atoms. The van der Waals surface area contributed by atoms with E-state index < -0.39 is 0 Å². The van der Waals surface area contributed by atoms with E-state index in [1.54, 1.807) is 12.4 Å². The lowest BCUT2D eigenvalue weighted by atomic mass is 10.1. The summed E-state index contributed by atoms with van der Waals surface area (Å²) in [5.74, 6) is 0.833. The van der Waals surface area contributed by atoms with Crippen molar-refractivity contribution >= 4 is 5.69 Å². The highest BCUT2D eigenvalue weighted by Gasteiger charge is 2.22. The highest BCUT2D eigenvalue weighted by molar-refractivity contribution is 5.38. The van der Waals surface area contributed by atoms with Crippen LogP contribution in [-0.4, -0.2) is 9.97 Å². The Bertz CT molecular complexity index is 475. The number of anilines is 1. The SMILES string of the molecule is c1ncc(NCc2ccc(C3CC3)cc2)cn1. The third-order valence-corrected chi connectivity index (χ3v) is 3.09. The number of hydrogen-bond acceptors (Lipinski definition) is 3. The van der Waals surface area contributed by atoms with E-state index in [-0.39, 0.29) is 0 Å². The average molecular weight is 225 g/mol. The van der Waals surface area contributed by atoms with Crippen molar-refractivity contribution < 1.29 is 0 Å². The van der Waals surface area contributed by atoms with Crippen molar-refractivity contribution in [2.24, 2.45) is 0 Å². The van der Waals surface area contributed by atoms with Gasteiger partial charge in [0.15, 0.2) is 0 Å². The van der Waals surface area contributed by atoms with Crippen LogP contribution in [-0.2, 0) is 6.54 Å². The molecule has 1 saturated carbocycles. The minimum atomic E-state index is 0.818. The van der Waals surface area contributed by atoms with E-state index in [1.807, 2.05) is 0 Å². The van der Waals surface area contributed by atoms with Crippen molar-refractivity contribution in [2.45, 2.75) is 25.3 Å². The molecule has 1 aromatic heterocycles. The van der Waals surface area contributed by atoms with E-state index in [0.717, 1.165) is 18.2 Å². The molecule has 1 aliphatic rings. The Morgan fingerprint density at radius 2 is 1.76 bits per heavy atom. The molecule has 1 fully saturated rings. The third kappa shape index (κ3) is 2.61. The number of benzene rings is 1. The molecule has 2 aromatic rings. The van der Waals surface area contributed by atoms with Crippen LogP contribution in [0.4, 0.5) is 5.69 Å². The Labute approximate surface area is 101 Å². The summed E-state index contributed by atoms with van der Waals surface area (Å²) in [7, 11) is 0. The highest BCUT2D eigenvalue weighted by Crippen LogP contribution is 2.39. The van der Waals surface area contributed by atoms with Crippen LogP contribution in [0.1, 0.15) is 29.9 Å². The van der Waals surface area contributed by atoms with Crippen molar-refractivity contribution in [1.82, 2.24) is 9.97 Å². The van der Waals surface area contributed by atoms with Crippen LogP contribution in [0.3, 0.4) is 0 Å². The molecule has 0 unspecified atom stereocenters. The van der Waals surface area contributed by atoms with Gasteiger partial charge in [-0.1, -0.05) is 24.3 Å². The molecule has 0 atom stereocenters. The molecular formula is C14H15N3. The molecule has 1 heterocycles. The Balaban J connectivity index is 1.61. The van der Waals surface area contributed by atoms with E-state index in [2.05, 4.69) is 39.6 Å². The van der Waals surface area contributed by atoms with Gasteiger partial charge in [0.05, 0.1) is 18.1 Å². The Hall–Kier alpha value is -1.90. The van der Waals surface area contributed by atoms with Gasteiger partial charge in [-0.05, 0) is 29.9 Å². The van der Waals surface area contributed by atoms with E-state index in [4.69, 9.17) is 0 Å². The first-order valence-corrected chi connectivity index (χ1v) is 5.99. The minimum Gasteiger partial charge on any atom is -0.378 e. The molecule has 0 saturated heterocycles. The normalized spacial score (nSPS) is 14.6. The number of aromatic nitrogens is 2. The van der Waals surface area contributed by atoms with Gasteiger partial charge in [-0.25, -0.2) is 9.97 Å². The van der Waals surface area contributed by atoms with Gasteiger partial charge in [-0.15, -0.1) is 0 Å². The van der Waals surface area contributed by atoms with Gasteiger partial charge in [0, 0.05) is 6.54 Å². The number of nitrogens with one attached hydrogen (secondary N) is 1. The summed E-state index contributed by atoms with van der Waals surface area (Å²) < 4.78 is 0. The molecule has 1 aromatic carbocycles. The van der Waals surface area contributed by atoms with Crippen LogP contribution in [0, 0.1) is 0 Å². The summed E-state index contributed by atoms with van der Waals surface area (Å²) in [5, 5.41) is 3.30. The first-order valence-electron chi connectivity index (χ1n) is 5.99. The molecule has 0 amide bonds. The van der Waals surface area contributed by atoms with Crippen molar-refractivity contribution in [3.63, 3.8) is 0 Å². The van der Waals surface area contributed by atoms with Gasteiger partial charge < -0.3 is 5.32 Å². The van der Waals surface area contributed by atoms with E-state index in [0.29, 0.717) is 0 Å². The van der Waals surface area contributed by atoms with E-state index in [1.165, 1.54) is 30.3 Å². The van der Waals surface area contributed by atoms with Crippen LogP contribution in [0.15, 0.2) is 43.0 Å². The Morgan fingerprint density at radius 1 is 1.06 bits per heavy atom. The van der Waals surface area contributed by atoms with Crippen LogP contribution in [0.2, 0.25) is 0 Å². The number of nitrogens with zero attached hydrogens (tertiary/aromatic N) is 2. The predicted octanol–water partition coefficient (Wildman–Crippen LogP) is 2.97. The summed E-state index contributed by atoms with van der Waals surface area (Å²) in [4.78, 5) is 7.94. The average Bonchev–Trinajstić information content (AvgIpc) is 3.23. The Kier molecular flexibility index (Phi) is 2.74. The summed E-state index contributed by atoms with van der Waals surface area (Å²) in [6.45, 7) is 0.818. The lowest BCUT2D eigenvalue weighted by Crippen LogP contribution is -2.00. The molecule has 0 aliphatic heterocycles. The molecule has 17 heavy (non-hydrogen) atoms. The van der Waals surface area contributed by atoms with Crippen LogP contribution < -0.4 is 5.32 Å². The second-order valence-electron chi connectivity index (χ2n) is 4.50. The van der Waals surface area contributed by atoms with Crippen molar-refractivity contribution in [3.8, 4) is 0 Å². The molecule has 3 heteroatoms. The highest BCUT2D eigenvalue weighted by atomic mass is 14.9. The minimum absolute atomic E-state index is 0.818. The molecule has 0 radical (unpaired) electrons. The second-order valence-corrected chi connectivity index (χ2v) is 4.50. The van der Waals surface area contributed by atoms with Gasteiger partial charge in [-0.3, -0.25) is 0 Å². The van der Waals surface area contributed by atoms with Crippen LogP contribution in [0.5, 0.6) is 0 Å². The van der Waals surface area contributed by atoms with Gasteiger partial charge in [-0.2, -0.15) is 0 Å². The maximum absolute atomic E-state index is 3.97. The van der Waals surface area contributed by atoms with Gasteiger partial charge >= 0.3 is 0 Å². The lowest BCUT2D eigenvalue weighted by molar-refractivity contribution is 1.08. The monoisotopic (exact) mass is 225 g/mol. The zero-order valence-corrected chi connectivity index (χ0v) is 9.63.